The molecule has 0 N–H and O–H groups in total. The minimum atomic E-state index is -0.270. The van der Waals surface area contributed by atoms with Crippen molar-refractivity contribution in [2.45, 2.75) is 58.3 Å². The highest BCUT2D eigenvalue weighted by Gasteiger charge is 2.29. The van der Waals surface area contributed by atoms with Crippen LogP contribution in [0.1, 0.15) is 74.7 Å². The van der Waals surface area contributed by atoms with E-state index >= 15 is 0 Å². The van der Waals surface area contributed by atoms with Crippen molar-refractivity contribution in [3.63, 3.8) is 0 Å². The Balaban J connectivity index is 1.28. The van der Waals surface area contributed by atoms with E-state index < -0.39 is 0 Å². The highest BCUT2D eigenvalue weighted by molar-refractivity contribution is 5.86. The van der Waals surface area contributed by atoms with Crippen LogP contribution in [0.25, 0.3) is 32.7 Å². The molecule has 0 aliphatic carbocycles. The molecule has 36 heavy (non-hydrogen) atoms. The molecule has 3 heteroatoms. The van der Waals surface area contributed by atoms with Crippen LogP contribution in [-0.2, 0) is 11.8 Å². The smallest absolute Gasteiger partial charge is 0.134 e. The van der Waals surface area contributed by atoms with E-state index in [1.807, 2.05) is 18.6 Å². The van der Waals surface area contributed by atoms with Gasteiger partial charge in [0.05, 0.1) is 12.5 Å². The van der Waals surface area contributed by atoms with Gasteiger partial charge in [-0.3, -0.25) is 0 Å². The second-order valence-corrected chi connectivity index (χ2v) is 11.0. The van der Waals surface area contributed by atoms with E-state index in [1.165, 1.54) is 22.1 Å². The number of furan rings is 3. The minimum Gasteiger partial charge on any atom is -0.467 e. The van der Waals surface area contributed by atoms with Gasteiger partial charge in [0.2, 0.25) is 0 Å². The Hall–Kier alpha value is -3.72. The fourth-order valence-electron chi connectivity index (χ4n) is 5.42. The van der Waals surface area contributed by atoms with Crippen LogP contribution in [0.3, 0.4) is 0 Å². The van der Waals surface area contributed by atoms with Crippen LogP contribution in [0.5, 0.6) is 0 Å². The highest BCUT2D eigenvalue weighted by Crippen LogP contribution is 2.39. The Kier molecular flexibility index (Phi) is 5.33. The van der Waals surface area contributed by atoms with Gasteiger partial charge < -0.3 is 13.3 Å². The third kappa shape index (κ3) is 3.74. The predicted octanol–water partition coefficient (Wildman–Crippen LogP) is 9.72. The van der Waals surface area contributed by atoms with E-state index in [-0.39, 0.29) is 11.3 Å². The summed E-state index contributed by atoms with van der Waals surface area (Å²) < 4.78 is 18.2. The topological polar surface area (TPSA) is 39.4 Å². The molecule has 0 amide bonds. The van der Waals surface area contributed by atoms with Gasteiger partial charge >= 0.3 is 0 Å². The number of rotatable bonds is 6. The first-order valence-corrected chi connectivity index (χ1v) is 12.8. The van der Waals surface area contributed by atoms with Gasteiger partial charge in [0.1, 0.15) is 22.7 Å². The van der Waals surface area contributed by atoms with Crippen LogP contribution >= 0.6 is 0 Å². The molecule has 3 aromatic carbocycles. The first-order valence-electron chi connectivity index (χ1n) is 12.8. The Morgan fingerprint density at radius 1 is 0.750 bits per heavy atom. The maximum atomic E-state index is 6.31. The lowest BCUT2D eigenvalue weighted by molar-refractivity contribution is 0.435. The van der Waals surface area contributed by atoms with E-state index in [9.17, 15) is 0 Å². The molecule has 0 bridgehead atoms. The first kappa shape index (κ1) is 22.7. The fourth-order valence-corrected chi connectivity index (χ4v) is 5.42. The molecule has 0 fully saturated rings. The molecule has 6 rings (SSSR count). The second kappa shape index (κ2) is 8.44. The molecule has 6 aromatic rings. The summed E-state index contributed by atoms with van der Waals surface area (Å²) >= 11 is 0. The summed E-state index contributed by atoms with van der Waals surface area (Å²) in [5, 5.41) is 4.64. The molecule has 3 heterocycles. The van der Waals surface area contributed by atoms with Crippen molar-refractivity contribution in [3.05, 3.63) is 107 Å². The number of hydrogen-bond donors (Lipinski definition) is 0. The van der Waals surface area contributed by atoms with Gasteiger partial charge in [0.25, 0.3) is 0 Å². The van der Waals surface area contributed by atoms with Gasteiger partial charge in [-0.05, 0) is 61.6 Å². The van der Waals surface area contributed by atoms with Gasteiger partial charge in [-0.15, -0.1) is 0 Å². The molecule has 0 saturated heterocycles. The Bertz CT molecular complexity index is 1690. The van der Waals surface area contributed by atoms with Gasteiger partial charge in [0, 0.05) is 38.4 Å². The van der Waals surface area contributed by atoms with E-state index in [1.54, 1.807) is 0 Å². The van der Waals surface area contributed by atoms with Crippen molar-refractivity contribution < 1.29 is 13.3 Å². The summed E-state index contributed by atoms with van der Waals surface area (Å²) in [6.07, 6.45) is 4.64. The summed E-state index contributed by atoms with van der Waals surface area (Å²) in [6, 6.07) is 23.6. The predicted molar refractivity (Wildman–Crippen MR) is 147 cm³/mol. The van der Waals surface area contributed by atoms with Crippen molar-refractivity contribution in [2.75, 3.05) is 0 Å². The maximum Gasteiger partial charge on any atom is 0.134 e. The van der Waals surface area contributed by atoms with Gasteiger partial charge in [-0.25, -0.2) is 0 Å². The largest absolute Gasteiger partial charge is 0.467 e. The zero-order valence-electron chi connectivity index (χ0n) is 21.6. The standard InChI is InChI=1S/C33H32O3/c1-20(2)28-19-34-31-15-22(10-12-27(28)31)14-21(3)30-17-24-16-25(11-13-29(24)36-30)33(4,5)32-26-9-7-6-8-23(26)18-35-32/h6-13,15-21H,14H2,1-5H3. The average Bonchev–Trinajstić information content (AvgIpc) is 3.59. The molecule has 1 atom stereocenters. The molecule has 0 spiro atoms. The summed E-state index contributed by atoms with van der Waals surface area (Å²) in [7, 11) is 0. The van der Waals surface area contributed by atoms with Crippen molar-refractivity contribution in [2.24, 2.45) is 0 Å². The van der Waals surface area contributed by atoms with Crippen LogP contribution < -0.4 is 0 Å². The molecular formula is C33H32O3. The zero-order valence-corrected chi connectivity index (χ0v) is 21.6. The third-order valence-corrected chi connectivity index (χ3v) is 7.65. The van der Waals surface area contributed by atoms with Crippen LogP contribution in [0.15, 0.2) is 92.5 Å². The molecule has 0 saturated carbocycles. The average molecular weight is 477 g/mol. The molecule has 1 unspecified atom stereocenters. The molecule has 3 aromatic heterocycles. The highest BCUT2D eigenvalue weighted by atomic mass is 16.3. The van der Waals surface area contributed by atoms with Crippen LogP contribution in [0, 0.1) is 0 Å². The first-order chi connectivity index (χ1) is 17.3. The molecule has 0 aliphatic rings. The van der Waals surface area contributed by atoms with Crippen molar-refractivity contribution in [1.82, 2.24) is 0 Å². The van der Waals surface area contributed by atoms with Crippen molar-refractivity contribution in [3.8, 4) is 0 Å². The minimum absolute atomic E-state index is 0.250. The lowest BCUT2D eigenvalue weighted by atomic mass is 9.80. The maximum absolute atomic E-state index is 6.31. The lowest BCUT2D eigenvalue weighted by Crippen LogP contribution is -2.18. The van der Waals surface area contributed by atoms with Gasteiger partial charge in [-0.2, -0.15) is 0 Å². The fraction of sp³-hybridized carbons (Fsp3) is 0.273. The summed E-state index contributed by atoms with van der Waals surface area (Å²) in [5.74, 6) is 2.70. The molecular weight excluding hydrogens is 444 g/mol. The Morgan fingerprint density at radius 3 is 2.42 bits per heavy atom. The Labute approximate surface area is 211 Å². The normalized spacial score (nSPS) is 13.4. The second-order valence-electron chi connectivity index (χ2n) is 11.0. The molecule has 0 aliphatic heterocycles. The summed E-state index contributed by atoms with van der Waals surface area (Å²) in [4.78, 5) is 0. The quantitative estimate of drug-likeness (QED) is 0.240. The third-order valence-electron chi connectivity index (χ3n) is 7.65. The summed E-state index contributed by atoms with van der Waals surface area (Å²) in [6.45, 7) is 11.1. The van der Waals surface area contributed by atoms with E-state index in [4.69, 9.17) is 13.3 Å². The lowest BCUT2D eigenvalue weighted by Gasteiger charge is -2.23. The van der Waals surface area contributed by atoms with Crippen LogP contribution in [0.2, 0.25) is 0 Å². The SMILES string of the molecule is CC(C)c1coc2cc(CC(C)c3cc4cc(C(C)(C)c5occ6ccccc56)ccc4o3)ccc12. The zero-order chi connectivity index (χ0) is 25.0. The van der Waals surface area contributed by atoms with E-state index in [0.717, 1.165) is 45.3 Å². The van der Waals surface area contributed by atoms with E-state index in [2.05, 4.69) is 95.3 Å². The van der Waals surface area contributed by atoms with Gasteiger partial charge in [-0.1, -0.05) is 63.2 Å². The van der Waals surface area contributed by atoms with E-state index in [0.29, 0.717) is 5.92 Å². The molecule has 182 valence electrons. The molecule has 3 nitrogen and oxygen atoms in total. The van der Waals surface area contributed by atoms with Crippen LogP contribution in [0.4, 0.5) is 0 Å². The van der Waals surface area contributed by atoms with Crippen LogP contribution in [-0.4, -0.2) is 0 Å². The summed E-state index contributed by atoms with van der Waals surface area (Å²) in [5.41, 5.74) is 5.34. The molecule has 0 radical (unpaired) electrons. The van der Waals surface area contributed by atoms with Gasteiger partial charge in [0.15, 0.2) is 0 Å². The van der Waals surface area contributed by atoms with Crippen molar-refractivity contribution >= 4 is 32.7 Å². The number of benzene rings is 3. The monoisotopic (exact) mass is 476 g/mol. The number of fused-ring (bicyclic) bond motifs is 3. The van der Waals surface area contributed by atoms with Crippen molar-refractivity contribution in [1.29, 1.82) is 0 Å². The Morgan fingerprint density at radius 2 is 1.58 bits per heavy atom. The number of hydrogen-bond acceptors (Lipinski definition) is 3.